The van der Waals surface area contributed by atoms with Crippen LogP contribution >= 0.6 is 0 Å². The minimum atomic E-state index is -4.45. The fourth-order valence-corrected chi connectivity index (χ4v) is 2.67. The lowest BCUT2D eigenvalue weighted by molar-refractivity contribution is -0.137. The SMILES string of the molecule is CCOCCC(=C(F)B1OC(C)(C)C(C)(C)O1)c1ccc(C(F)(F)F)cc1. The third kappa shape index (κ3) is 4.92. The lowest BCUT2D eigenvalue weighted by atomic mass is 9.81. The van der Waals surface area contributed by atoms with Crippen molar-refractivity contribution in [1.82, 2.24) is 0 Å². The van der Waals surface area contributed by atoms with Crippen LogP contribution in [0.1, 0.15) is 52.2 Å². The van der Waals surface area contributed by atoms with E-state index in [-0.39, 0.29) is 18.6 Å². The van der Waals surface area contributed by atoms with Crippen LogP contribution in [0.2, 0.25) is 0 Å². The van der Waals surface area contributed by atoms with E-state index >= 15 is 4.39 Å². The number of ether oxygens (including phenoxy) is 1. The number of hydrogen-bond donors (Lipinski definition) is 0. The van der Waals surface area contributed by atoms with Gasteiger partial charge in [-0.15, -0.1) is 0 Å². The first-order chi connectivity index (χ1) is 12.4. The van der Waals surface area contributed by atoms with Crippen molar-refractivity contribution >= 4 is 12.7 Å². The summed E-state index contributed by atoms with van der Waals surface area (Å²) in [5, 5.41) is 0. The van der Waals surface area contributed by atoms with Crippen molar-refractivity contribution in [1.29, 1.82) is 0 Å². The molecule has 1 aromatic rings. The second-order valence-electron chi connectivity index (χ2n) is 7.44. The zero-order valence-electron chi connectivity index (χ0n) is 16.2. The van der Waals surface area contributed by atoms with Gasteiger partial charge in [0.2, 0.25) is 0 Å². The first kappa shape index (κ1) is 21.9. The Balaban J connectivity index is 2.37. The van der Waals surface area contributed by atoms with Crippen LogP contribution in [0.4, 0.5) is 17.6 Å². The molecule has 1 saturated heterocycles. The fourth-order valence-electron chi connectivity index (χ4n) is 2.67. The first-order valence-electron chi connectivity index (χ1n) is 8.88. The molecule has 0 N–H and O–H groups in total. The van der Waals surface area contributed by atoms with Gasteiger partial charge >= 0.3 is 13.3 Å². The molecule has 0 saturated carbocycles. The molecular weight excluding hydrogens is 363 g/mol. The lowest BCUT2D eigenvalue weighted by Crippen LogP contribution is -2.41. The second kappa shape index (κ2) is 7.93. The molecule has 8 heteroatoms. The van der Waals surface area contributed by atoms with Crippen LogP contribution in [0.25, 0.3) is 5.57 Å². The summed E-state index contributed by atoms with van der Waals surface area (Å²) in [5.74, 6) is 0. The van der Waals surface area contributed by atoms with Gasteiger partial charge in [-0.25, -0.2) is 4.39 Å². The van der Waals surface area contributed by atoms with Crippen molar-refractivity contribution in [3.63, 3.8) is 0 Å². The summed E-state index contributed by atoms with van der Waals surface area (Å²) in [6.07, 6.45) is -4.26. The Morgan fingerprint density at radius 2 is 1.56 bits per heavy atom. The first-order valence-corrected chi connectivity index (χ1v) is 8.88. The quantitative estimate of drug-likeness (QED) is 0.369. The van der Waals surface area contributed by atoms with E-state index in [1.54, 1.807) is 27.7 Å². The highest BCUT2D eigenvalue weighted by molar-refractivity contribution is 6.55. The zero-order chi connectivity index (χ0) is 20.5. The second-order valence-corrected chi connectivity index (χ2v) is 7.44. The zero-order valence-corrected chi connectivity index (χ0v) is 16.2. The minimum absolute atomic E-state index is 0.190. The molecular formula is C19H25BF4O3. The molecule has 3 nitrogen and oxygen atoms in total. The fraction of sp³-hybridized carbons (Fsp3) is 0.579. The normalized spacial score (nSPS) is 20.0. The standard InChI is InChI=1S/C19H25BF4O3/c1-6-25-12-11-15(13-7-9-14(10-8-13)19(22,23)24)16(21)20-26-17(2,3)18(4,5)27-20/h7-10H,6,11-12H2,1-5H3. The molecule has 0 aromatic heterocycles. The Bertz CT molecular complexity index is 665. The number of benzene rings is 1. The number of rotatable bonds is 6. The van der Waals surface area contributed by atoms with E-state index in [9.17, 15) is 13.2 Å². The lowest BCUT2D eigenvalue weighted by Gasteiger charge is -2.32. The van der Waals surface area contributed by atoms with Crippen molar-refractivity contribution in [2.45, 2.75) is 58.4 Å². The van der Waals surface area contributed by atoms with Crippen LogP contribution in [0, 0.1) is 0 Å². The Morgan fingerprint density at radius 3 is 2.00 bits per heavy atom. The van der Waals surface area contributed by atoms with E-state index in [1.165, 1.54) is 12.1 Å². The number of hydrogen-bond acceptors (Lipinski definition) is 3. The van der Waals surface area contributed by atoms with Crippen LogP contribution in [-0.2, 0) is 20.2 Å². The molecule has 1 aliphatic rings. The van der Waals surface area contributed by atoms with Crippen molar-refractivity contribution in [3.05, 3.63) is 41.1 Å². The smallest absolute Gasteiger partial charge is 0.398 e. The average Bonchev–Trinajstić information content (AvgIpc) is 2.78. The van der Waals surface area contributed by atoms with Crippen molar-refractivity contribution in [2.24, 2.45) is 0 Å². The molecule has 0 amide bonds. The van der Waals surface area contributed by atoms with Crippen LogP contribution in [-0.4, -0.2) is 31.5 Å². The summed E-state index contributed by atoms with van der Waals surface area (Å²) < 4.78 is 70.4. The van der Waals surface area contributed by atoms with Crippen LogP contribution in [0.3, 0.4) is 0 Å². The van der Waals surface area contributed by atoms with Gasteiger partial charge in [-0.05, 0) is 64.3 Å². The van der Waals surface area contributed by atoms with Crippen molar-refractivity contribution < 1.29 is 31.6 Å². The van der Waals surface area contributed by atoms with E-state index < -0.39 is 35.8 Å². The maximum Gasteiger partial charge on any atom is 0.525 e. The van der Waals surface area contributed by atoms with E-state index in [2.05, 4.69) is 0 Å². The minimum Gasteiger partial charge on any atom is -0.398 e. The van der Waals surface area contributed by atoms with Gasteiger partial charge < -0.3 is 14.0 Å². The Kier molecular flexibility index (Phi) is 6.44. The summed E-state index contributed by atoms with van der Waals surface area (Å²) in [5.41, 5.74) is -2.31. The molecule has 0 atom stereocenters. The molecule has 1 aliphatic heterocycles. The third-order valence-corrected chi connectivity index (χ3v) is 5.01. The summed E-state index contributed by atoms with van der Waals surface area (Å²) in [4.78, 5) is 0. The van der Waals surface area contributed by atoms with Crippen LogP contribution in [0.5, 0.6) is 0 Å². The Labute approximate surface area is 157 Å². The molecule has 0 radical (unpaired) electrons. The topological polar surface area (TPSA) is 27.7 Å². The Morgan fingerprint density at radius 1 is 1.04 bits per heavy atom. The van der Waals surface area contributed by atoms with Gasteiger partial charge in [-0.3, -0.25) is 0 Å². The highest BCUT2D eigenvalue weighted by atomic mass is 19.4. The molecule has 1 fully saturated rings. The maximum atomic E-state index is 15.3. The van der Waals surface area contributed by atoms with Crippen LogP contribution in [0.15, 0.2) is 30.0 Å². The summed E-state index contributed by atoms with van der Waals surface area (Å²) in [6, 6.07) is 4.39. The van der Waals surface area contributed by atoms with Gasteiger partial charge in [0.15, 0.2) is 0 Å². The molecule has 0 spiro atoms. The maximum absolute atomic E-state index is 15.3. The molecule has 0 unspecified atom stereocenters. The van der Waals surface area contributed by atoms with Gasteiger partial charge in [0.1, 0.15) is 5.73 Å². The van der Waals surface area contributed by atoms with Gasteiger partial charge in [0, 0.05) is 6.61 Å². The van der Waals surface area contributed by atoms with Gasteiger partial charge in [-0.1, -0.05) is 12.1 Å². The predicted molar refractivity (Wildman–Crippen MR) is 96.7 cm³/mol. The molecule has 2 rings (SSSR count). The summed E-state index contributed by atoms with van der Waals surface area (Å²) in [7, 11) is -1.21. The molecule has 0 bridgehead atoms. The van der Waals surface area contributed by atoms with Crippen molar-refractivity contribution in [3.8, 4) is 0 Å². The summed E-state index contributed by atoms with van der Waals surface area (Å²) in [6.45, 7) is 9.72. The highest BCUT2D eigenvalue weighted by Gasteiger charge is 2.53. The Hall–Kier alpha value is -1.38. The highest BCUT2D eigenvalue weighted by Crippen LogP contribution is 2.41. The molecule has 150 valence electrons. The van der Waals surface area contributed by atoms with Gasteiger partial charge in [0.25, 0.3) is 0 Å². The predicted octanol–water partition coefficient (Wildman–Crippen LogP) is 5.44. The van der Waals surface area contributed by atoms with Gasteiger partial charge in [-0.2, -0.15) is 13.2 Å². The van der Waals surface area contributed by atoms with Crippen LogP contribution < -0.4 is 0 Å². The van der Waals surface area contributed by atoms with Gasteiger partial charge in [0.05, 0.1) is 23.4 Å². The number of alkyl halides is 3. The van der Waals surface area contributed by atoms with E-state index in [4.69, 9.17) is 14.0 Å². The van der Waals surface area contributed by atoms with E-state index in [0.29, 0.717) is 12.2 Å². The molecule has 1 aromatic carbocycles. The monoisotopic (exact) mass is 388 g/mol. The molecule has 0 aliphatic carbocycles. The van der Waals surface area contributed by atoms with Crippen molar-refractivity contribution in [2.75, 3.05) is 13.2 Å². The number of halogens is 4. The third-order valence-electron chi connectivity index (χ3n) is 5.01. The largest absolute Gasteiger partial charge is 0.525 e. The summed E-state index contributed by atoms with van der Waals surface area (Å²) >= 11 is 0. The van der Waals surface area contributed by atoms with E-state index in [1.807, 2.05) is 6.92 Å². The van der Waals surface area contributed by atoms with E-state index in [0.717, 1.165) is 12.1 Å². The average molecular weight is 388 g/mol. The molecule has 27 heavy (non-hydrogen) atoms. The molecule has 1 heterocycles.